The maximum absolute atomic E-state index is 13.6. The number of nitrogens with zero attached hydrogens (tertiary/aromatic N) is 1. The van der Waals surface area contributed by atoms with E-state index >= 15 is 0 Å². The van der Waals surface area contributed by atoms with Gasteiger partial charge in [-0.3, -0.25) is 4.79 Å². The molecule has 0 aliphatic carbocycles. The minimum absolute atomic E-state index is 0.0102. The molecule has 0 radical (unpaired) electrons. The van der Waals surface area contributed by atoms with E-state index in [0.717, 1.165) is 5.69 Å². The second kappa shape index (κ2) is 6.05. The number of halogens is 2. The lowest BCUT2D eigenvalue weighted by Crippen LogP contribution is -2.14. The van der Waals surface area contributed by atoms with E-state index in [0.29, 0.717) is 10.2 Å². The van der Waals surface area contributed by atoms with Crippen LogP contribution in [-0.2, 0) is 0 Å². The van der Waals surface area contributed by atoms with Crippen molar-refractivity contribution in [2.45, 2.75) is 0 Å². The molecule has 1 amide bonds. The zero-order valence-electron chi connectivity index (χ0n) is 11.2. The molecule has 2 aromatic rings. The van der Waals surface area contributed by atoms with Crippen LogP contribution in [0.15, 0.2) is 46.9 Å². The highest BCUT2D eigenvalue weighted by atomic mass is 79.9. The number of rotatable bonds is 3. The van der Waals surface area contributed by atoms with Crippen molar-refractivity contribution in [1.29, 1.82) is 0 Å². The Bertz CT molecular complexity index is 626. The summed E-state index contributed by atoms with van der Waals surface area (Å²) in [6, 6.07) is 11.6. The largest absolute Gasteiger partial charge is 0.378 e. The lowest BCUT2D eigenvalue weighted by Gasteiger charge is -2.13. The van der Waals surface area contributed by atoms with Gasteiger partial charge in [0.2, 0.25) is 0 Å². The standard InChI is InChI=1S/C15H14BrFN2O/c1-19(2)12-6-4-11(5-7-12)18-15(20)13-9-10(16)3-8-14(13)17/h3-9H,1-2H3,(H,18,20). The zero-order chi connectivity index (χ0) is 14.7. The van der Waals surface area contributed by atoms with Crippen LogP contribution in [0.25, 0.3) is 0 Å². The second-order valence-corrected chi connectivity index (χ2v) is 5.44. The lowest BCUT2D eigenvalue weighted by atomic mass is 10.2. The van der Waals surface area contributed by atoms with Gasteiger partial charge in [-0.15, -0.1) is 0 Å². The predicted octanol–water partition coefficient (Wildman–Crippen LogP) is 3.91. The molecule has 0 spiro atoms. The first kappa shape index (κ1) is 14.5. The van der Waals surface area contributed by atoms with Crippen LogP contribution in [0.3, 0.4) is 0 Å². The molecular formula is C15H14BrFN2O. The van der Waals surface area contributed by atoms with E-state index in [2.05, 4.69) is 21.2 Å². The van der Waals surface area contributed by atoms with Crippen LogP contribution < -0.4 is 10.2 Å². The summed E-state index contributed by atoms with van der Waals surface area (Å²) in [5.74, 6) is -1.02. The zero-order valence-corrected chi connectivity index (χ0v) is 12.7. The fraction of sp³-hybridized carbons (Fsp3) is 0.133. The molecule has 20 heavy (non-hydrogen) atoms. The molecule has 0 bridgehead atoms. The van der Waals surface area contributed by atoms with Gasteiger partial charge in [-0.05, 0) is 42.5 Å². The first-order valence-electron chi connectivity index (χ1n) is 6.01. The summed E-state index contributed by atoms with van der Waals surface area (Å²) in [5.41, 5.74) is 1.66. The van der Waals surface area contributed by atoms with Crippen LogP contribution in [0, 0.1) is 5.82 Å². The van der Waals surface area contributed by atoms with Crippen LogP contribution in [0.4, 0.5) is 15.8 Å². The molecule has 0 atom stereocenters. The van der Waals surface area contributed by atoms with Crippen LogP contribution in [0.1, 0.15) is 10.4 Å². The molecule has 0 heterocycles. The Morgan fingerprint density at radius 2 is 1.80 bits per heavy atom. The average molecular weight is 337 g/mol. The Morgan fingerprint density at radius 1 is 1.15 bits per heavy atom. The first-order chi connectivity index (χ1) is 9.47. The van der Waals surface area contributed by atoms with Gasteiger partial charge < -0.3 is 10.2 Å². The van der Waals surface area contributed by atoms with Gasteiger partial charge in [0.1, 0.15) is 5.82 Å². The fourth-order valence-electron chi connectivity index (χ4n) is 1.71. The van der Waals surface area contributed by atoms with Crippen LogP contribution >= 0.6 is 15.9 Å². The molecule has 3 nitrogen and oxygen atoms in total. The van der Waals surface area contributed by atoms with Crippen molar-refractivity contribution in [1.82, 2.24) is 0 Å². The lowest BCUT2D eigenvalue weighted by molar-refractivity contribution is 0.102. The highest BCUT2D eigenvalue weighted by Gasteiger charge is 2.12. The summed E-state index contributed by atoms with van der Waals surface area (Å²) in [6.07, 6.45) is 0. The number of amides is 1. The summed E-state index contributed by atoms with van der Waals surface area (Å²) in [5, 5.41) is 2.67. The molecule has 0 unspecified atom stereocenters. The molecule has 0 aliphatic rings. The normalized spacial score (nSPS) is 10.2. The third-order valence-corrected chi connectivity index (χ3v) is 3.31. The Labute approximate surface area is 125 Å². The van der Waals surface area contributed by atoms with Gasteiger partial charge >= 0.3 is 0 Å². The van der Waals surface area contributed by atoms with E-state index in [1.54, 1.807) is 18.2 Å². The van der Waals surface area contributed by atoms with Crippen molar-refractivity contribution >= 4 is 33.2 Å². The van der Waals surface area contributed by atoms with Gasteiger partial charge in [0, 0.05) is 29.9 Å². The first-order valence-corrected chi connectivity index (χ1v) is 6.80. The molecular weight excluding hydrogens is 323 g/mol. The van der Waals surface area contributed by atoms with Gasteiger partial charge in [-0.2, -0.15) is 0 Å². The number of anilines is 2. The summed E-state index contributed by atoms with van der Waals surface area (Å²) in [6.45, 7) is 0. The van der Waals surface area contributed by atoms with Gasteiger partial charge in [0.25, 0.3) is 5.91 Å². The minimum atomic E-state index is -0.546. The van der Waals surface area contributed by atoms with Crippen LogP contribution in [-0.4, -0.2) is 20.0 Å². The average Bonchev–Trinajstić information content (AvgIpc) is 2.42. The number of carbonyl (C=O) groups is 1. The molecule has 0 aliphatic heterocycles. The number of benzene rings is 2. The van der Waals surface area contributed by atoms with Crippen LogP contribution in [0.2, 0.25) is 0 Å². The van der Waals surface area contributed by atoms with E-state index in [-0.39, 0.29) is 5.56 Å². The van der Waals surface area contributed by atoms with Gasteiger partial charge in [0.15, 0.2) is 0 Å². The Kier molecular flexibility index (Phi) is 4.39. The molecule has 1 N–H and O–H groups in total. The minimum Gasteiger partial charge on any atom is -0.378 e. The number of hydrogen-bond donors (Lipinski definition) is 1. The second-order valence-electron chi connectivity index (χ2n) is 4.52. The Morgan fingerprint density at radius 3 is 2.40 bits per heavy atom. The molecule has 104 valence electrons. The van der Waals surface area contributed by atoms with Gasteiger partial charge in [-0.25, -0.2) is 4.39 Å². The van der Waals surface area contributed by atoms with Crippen molar-refractivity contribution in [3.05, 3.63) is 58.3 Å². The van der Waals surface area contributed by atoms with Crippen molar-refractivity contribution in [3.8, 4) is 0 Å². The molecule has 5 heteroatoms. The maximum atomic E-state index is 13.6. The van der Waals surface area contributed by atoms with E-state index in [4.69, 9.17) is 0 Å². The molecule has 0 fully saturated rings. The highest BCUT2D eigenvalue weighted by molar-refractivity contribution is 9.10. The predicted molar refractivity (Wildman–Crippen MR) is 82.8 cm³/mol. The molecule has 0 saturated carbocycles. The van der Waals surface area contributed by atoms with Crippen molar-refractivity contribution in [3.63, 3.8) is 0 Å². The fourth-order valence-corrected chi connectivity index (χ4v) is 2.07. The number of carbonyl (C=O) groups excluding carboxylic acids is 1. The topological polar surface area (TPSA) is 32.3 Å². The highest BCUT2D eigenvalue weighted by Crippen LogP contribution is 2.19. The van der Waals surface area contributed by atoms with E-state index in [1.807, 2.05) is 31.1 Å². The monoisotopic (exact) mass is 336 g/mol. The van der Waals surface area contributed by atoms with Crippen LogP contribution in [0.5, 0.6) is 0 Å². The Hall–Kier alpha value is -1.88. The van der Waals surface area contributed by atoms with Crippen molar-refractivity contribution in [2.75, 3.05) is 24.3 Å². The van der Waals surface area contributed by atoms with Gasteiger partial charge in [0.05, 0.1) is 5.56 Å². The molecule has 2 aromatic carbocycles. The summed E-state index contributed by atoms with van der Waals surface area (Å²) in [7, 11) is 3.87. The van der Waals surface area contributed by atoms with Crippen molar-refractivity contribution < 1.29 is 9.18 Å². The SMILES string of the molecule is CN(C)c1ccc(NC(=O)c2cc(Br)ccc2F)cc1. The van der Waals surface area contributed by atoms with E-state index < -0.39 is 11.7 Å². The van der Waals surface area contributed by atoms with Gasteiger partial charge in [-0.1, -0.05) is 15.9 Å². The van der Waals surface area contributed by atoms with E-state index in [1.165, 1.54) is 12.1 Å². The molecule has 0 saturated heterocycles. The smallest absolute Gasteiger partial charge is 0.258 e. The number of nitrogens with one attached hydrogen (secondary N) is 1. The third-order valence-electron chi connectivity index (χ3n) is 2.81. The summed E-state index contributed by atoms with van der Waals surface area (Å²) < 4.78 is 14.3. The quantitative estimate of drug-likeness (QED) is 0.921. The van der Waals surface area contributed by atoms with Crippen molar-refractivity contribution in [2.24, 2.45) is 0 Å². The molecule has 0 aromatic heterocycles. The Balaban J connectivity index is 2.17. The number of hydrogen-bond acceptors (Lipinski definition) is 2. The molecule has 2 rings (SSSR count). The maximum Gasteiger partial charge on any atom is 0.258 e. The summed E-state index contributed by atoms with van der Waals surface area (Å²) >= 11 is 3.22. The summed E-state index contributed by atoms with van der Waals surface area (Å²) in [4.78, 5) is 14.0. The van der Waals surface area contributed by atoms with E-state index in [9.17, 15) is 9.18 Å². The third kappa shape index (κ3) is 3.36.